The predicted octanol–water partition coefficient (Wildman–Crippen LogP) is 1.76. The molecular formula is C12H19NO2S. The van der Waals surface area contributed by atoms with Gasteiger partial charge in [0.1, 0.15) is 5.75 Å². The Morgan fingerprint density at radius 1 is 1.44 bits per heavy atom. The molecule has 4 heteroatoms. The number of benzene rings is 1. The van der Waals surface area contributed by atoms with E-state index in [0.717, 1.165) is 22.8 Å². The first-order valence-electron chi connectivity index (χ1n) is 5.35. The van der Waals surface area contributed by atoms with E-state index in [0.29, 0.717) is 6.04 Å². The quantitative estimate of drug-likeness (QED) is 0.714. The lowest BCUT2D eigenvalue weighted by molar-refractivity contribution is 0.273. The number of ether oxygens (including phenoxy) is 1. The molecule has 0 amide bonds. The molecule has 1 atom stereocenters. The summed E-state index contributed by atoms with van der Waals surface area (Å²) in [4.78, 5) is 1.14. The summed E-state index contributed by atoms with van der Waals surface area (Å²) in [5.41, 5.74) is 0. The zero-order chi connectivity index (χ0) is 11.8. The first-order chi connectivity index (χ1) is 7.81. The minimum Gasteiger partial charge on any atom is -0.496 e. The standard InChI is InChI=1S/C12H19NO2S/c1-13-10(7-8-14)9-16-12-6-4-3-5-11(12)15-2/h3-6,10,13-14H,7-9H2,1-2H3. The van der Waals surface area contributed by atoms with Crippen LogP contribution in [0.25, 0.3) is 0 Å². The van der Waals surface area contributed by atoms with Crippen LogP contribution < -0.4 is 10.1 Å². The van der Waals surface area contributed by atoms with E-state index in [1.165, 1.54) is 0 Å². The maximum Gasteiger partial charge on any atom is 0.132 e. The summed E-state index contributed by atoms with van der Waals surface area (Å²) in [6, 6.07) is 8.31. The van der Waals surface area contributed by atoms with Gasteiger partial charge in [-0.3, -0.25) is 0 Å². The van der Waals surface area contributed by atoms with Crippen molar-refractivity contribution in [1.29, 1.82) is 0 Å². The third-order valence-electron chi connectivity index (χ3n) is 2.39. The van der Waals surface area contributed by atoms with Gasteiger partial charge in [-0.15, -0.1) is 11.8 Å². The van der Waals surface area contributed by atoms with Crippen molar-refractivity contribution in [3.63, 3.8) is 0 Å². The molecule has 90 valence electrons. The van der Waals surface area contributed by atoms with Crippen molar-refractivity contribution in [3.05, 3.63) is 24.3 Å². The van der Waals surface area contributed by atoms with E-state index in [1.807, 2.05) is 25.2 Å². The summed E-state index contributed by atoms with van der Waals surface area (Å²) in [7, 11) is 3.60. The first-order valence-corrected chi connectivity index (χ1v) is 6.34. The molecule has 0 saturated carbocycles. The van der Waals surface area contributed by atoms with Crippen LogP contribution in [0.5, 0.6) is 5.75 Å². The maximum atomic E-state index is 8.89. The lowest BCUT2D eigenvalue weighted by Crippen LogP contribution is -2.28. The Kier molecular flexibility index (Phi) is 6.30. The fourth-order valence-electron chi connectivity index (χ4n) is 1.40. The summed E-state index contributed by atoms with van der Waals surface area (Å²) in [5.74, 6) is 1.84. The van der Waals surface area contributed by atoms with Gasteiger partial charge in [-0.2, -0.15) is 0 Å². The monoisotopic (exact) mass is 241 g/mol. The van der Waals surface area contributed by atoms with Gasteiger partial charge >= 0.3 is 0 Å². The van der Waals surface area contributed by atoms with Crippen LogP contribution in [-0.2, 0) is 0 Å². The second-order valence-electron chi connectivity index (χ2n) is 3.46. The molecule has 0 spiro atoms. The van der Waals surface area contributed by atoms with Crippen molar-refractivity contribution in [1.82, 2.24) is 5.32 Å². The lowest BCUT2D eigenvalue weighted by atomic mass is 10.2. The zero-order valence-electron chi connectivity index (χ0n) is 9.77. The van der Waals surface area contributed by atoms with E-state index < -0.39 is 0 Å². The maximum absolute atomic E-state index is 8.89. The van der Waals surface area contributed by atoms with E-state index >= 15 is 0 Å². The van der Waals surface area contributed by atoms with Gasteiger partial charge in [-0.1, -0.05) is 12.1 Å². The molecule has 0 radical (unpaired) electrons. The van der Waals surface area contributed by atoms with E-state index in [2.05, 4.69) is 11.4 Å². The molecule has 0 bridgehead atoms. The van der Waals surface area contributed by atoms with Crippen molar-refractivity contribution in [2.45, 2.75) is 17.4 Å². The van der Waals surface area contributed by atoms with Crippen LogP contribution in [0.15, 0.2) is 29.2 Å². The highest BCUT2D eigenvalue weighted by molar-refractivity contribution is 7.99. The third-order valence-corrected chi connectivity index (χ3v) is 3.61. The van der Waals surface area contributed by atoms with Gasteiger partial charge < -0.3 is 15.2 Å². The van der Waals surface area contributed by atoms with Crippen molar-refractivity contribution in [2.24, 2.45) is 0 Å². The van der Waals surface area contributed by atoms with Gasteiger partial charge in [0, 0.05) is 23.3 Å². The molecule has 0 aliphatic rings. The van der Waals surface area contributed by atoms with E-state index in [9.17, 15) is 0 Å². The number of methoxy groups -OCH3 is 1. The summed E-state index contributed by atoms with van der Waals surface area (Å²) in [6.07, 6.45) is 0.776. The Labute approximate surface area is 101 Å². The molecule has 0 fully saturated rings. The van der Waals surface area contributed by atoms with Crippen molar-refractivity contribution in [3.8, 4) is 5.75 Å². The molecule has 1 unspecified atom stereocenters. The van der Waals surface area contributed by atoms with Gasteiger partial charge in [-0.05, 0) is 25.6 Å². The molecule has 2 N–H and O–H groups in total. The normalized spacial score (nSPS) is 12.4. The van der Waals surface area contributed by atoms with Crippen molar-refractivity contribution >= 4 is 11.8 Å². The Balaban J connectivity index is 2.52. The molecule has 0 heterocycles. The summed E-state index contributed by atoms with van der Waals surface area (Å²) in [5, 5.41) is 12.1. The second-order valence-corrected chi connectivity index (χ2v) is 4.52. The minimum atomic E-state index is 0.220. The lowest BCUT2D eigenvalue weighted by Gasteiger charge is -2.15. The summed E-state index contributed by atoms with van der Waals surface area (Å²) >= 11 is 1.75. The average molecular weight is 241 g/mol. The molecule has 0 aliphatic heterocycles. The Hall–Kier alpha value is -0.710. The Morgan fingerprint density at radius 2 is 2.19 bits per heavy atom. The average Bonchev–Trinajstić information content (AvgIpc) is 2.34. The number of hydrogen-bond donors (Lipinski definition) is 2. The van der Waals surface area contributed by atoms with Crippen LogP contribution >= 0.6 is 11.8 Å². The molecule has 1 aromatic carbocycles. The Bertz CT molecular complexity index is 307. The molecular weight excluding hydrogens is 222 g/mol. The topological polar surface area (TPSA) is 41.5 Å². The van der Waals surface area contributed by atoms with Crippen LogP contribution in [0.2, 0.25) is 0 Å². The number of aliphatic hydroxyl groups is 1. The number of para-hydroxylation sites is 1. The first kappa shape index (κ1) is 13.4. The molecule has 0 aliphatic carbocycles. The number of hydrogen-bond acceptors (Lipinski definition) is 4. The number of nitrogens with one attached hydrogen (secondary N) is 1. The van der Waals surface area contributed by atoms with Crippen LogP contribution in [0.4, 0.5) is 0 Å². The van der Waals surface area contributed by atoms with Crippen molar-refractivity contribution in [2.75, 3.05) is 26.5 Å². The van der Waals surface area contributed by atoms with Gasteiger partial charge in [-0.25, -0.2) is 0 Å². The Morgan fingerprint density at radius 3 is 2.81 bits per heavy atom. The predicted molar refractivity (Wildman–Crippen MR) is 68.3 cm³/mol. The molecule has 16 heavy (non-hydrogen) atoms. The smallest absolute Gasteiger partial charge is 0.132 e. The molecule has 3 nitrogen and oxygen atoms in total. The number of thioether (sulfide) groups is 1. The van der Waals surface area contributed by atoms with Crippen LogP contribution in [-0.4, -0.2) is 37.7 Å². The van der Waals surface area contributed by atoms with E-state index in [1.54, 1.807) is 18.9 Å². The zero-order valence-corrected chi connectivity index (χ0v) is 10.6. The highest BCUT2D eigenvalue weighted by Crippen LogP contribution is 2.29. The SMILES string of the molecule is CNC(CCO)CSc1ccccc1OC. The molecule has 1 rings (SSSR count). The minimum absolute atomic E-state index is 0.220. The van der Waals surface area contributed by atoms with Crippen molar-refractivity contribution < 1.29 is 9.84 Å². The molecule has 0 saturated heterocycles. The third kappa shape index (κ3) is 4.04. The molecule has 0 aromatic heterocycles. The van der Waals surface area contributed by atoms with Gasteiger partial charge in [0.2, 0.25) is 0 Å². The highest BCUT2D eigenvalue weighted by atomic mass is 32.2. The van der Waals surface area contributed by atoms with Gasteiger partial charge in [0.15, 0.2) is 0 Å². The van der Waals surface area contributed by atoms with E-state index in [-0.39, 0.29) is 6.61 Å². The number of rotatable bonds is 7. The second kappa shape index (κ2) is 7.54. The van der Waals surface area contributed by atoms with Crippen LogP contribution in [0.3, 0.4) is 0 Å². The fourth-order valence-corrected chi connectivity index (χ4v) is 2.58. The van der Waals surface area contributed by atoms with Crippen LogP contribution in [0, 0.1) is 0 Å². The van der Waals surface area contributed by atoms with Crippen LogP contribution in [0.1, 0.15) is 6.42 Å². The highest BCUT2D eigenvalue weighted by Gasteiger charge is 2.08. The van der Waals surface area contributed by atoms with E-state index in [4.69, 9.17) is 9.84 Å². The molecule has 1 aromatic rings. The van der Waals surface area contributed by atoms with Gasteiger partial charge in [0.05, 0.1) is 7.11 Å². The van der Waals surface area contributed by atoms with Gasteiger partial charge in [0.25, 0.3) is 0 Å². The fraction of sp³-hybridized carbons (Fsp3) is 0.500. The summed E-state index contributed by atoms with van der Waals surface area (Å²) in [6.45, 7) is 0.220. The largest absolute Gasteiger partial charge is 0.496 e. The number of aliphatic hydroxyl groups excluding tert-OH is 1. The summed E-state index contributed by atoms with van der Waals surface area (Å²) < 4.78 is 5.28.